The molecule has 30 heavy (non-hydrogen) atoms. The summed E-state index contributed by atoms with van der Waals surface area (Å²) < 4.78 is 0. The third kappa shape index (κ3) is 4.31. The SMILES string of the molecule is CCc1ccc(NC(=O)c2c(NC(=O)c3ccccc3)sc3c2CC[C@@H](C)C3)cc1. The Kier molecular flexibility index (Phi) is 6.00. The maximum absolute atomic E-state index is 13.3. The van der Waals surface area contributed by atoms with Crippen molar-refractivity contribution >= 4 is 33.8 Å². The lowest BCUT2D eigenvalue weighted by Gasteiger charge is -2.18. The van der Waals surface area contributed by atoms with E-state index >= 15 is 0 Å². The standard InChI is InChI=1S/C25H26N2O2S/c1-3-17-10-12-19(13-11-17)26-24(29)22-20-14-9-16(2)15-21(20)30-25(22)27-23(28)18-7-5-4-6-8-18/h4-8,10-13,16H,3,9,14-15H2,1-2H3,(H,26,29)(H,27,28)/t16-/m1/s1. The van der Waals surface area contributed by atoms with Crippen LogP contribution in [-0.4, -0.2) is 11.8 Å². The minimum absolute atomic E-state index is 0.158. The first-order valence-electron chi connectivity index (χ1n) is 10.5. The van der Waals surface area contributed by atoms with E-state index < -0.39 is 0 Å². The third-order valence-electron chi connectivity index (χ3n) is 5.62. The fourth-order valence-corrected chi connectivity index (χ4v) is 5.26. The van der Waals surface area contributed by atoms with Crippen molar-refractivity contribution in [1.29, 1.82) is 0 Å². The molecule has 0 unspecified atom stereocenters. The number of thiophene rings is 1. The second-order valence-corrected chi connectivity index (χ2v) is 8.99. The molecule has 1 heterocycles. The normalized spacial score (nSPS) is 15.3. The van der Waals surface area contributed by atoms with Crippen molar-refractivity contribution in [3.05, 3.63) is 81.7 Å². The maximum Gasteiger partial charge on any atom is 0.258 e. The molecule has 1 atom stereocenters. The fourth-order valence-electron chi connectivity index (χ4n) is 3.86. The smallest absolute Gasteiger partial charge is 0.258 e. The van der Waals surface area contributed by atoms with E-state index in [2.05, 4.69) is 24.5 Å². The van der Waals surface area contributed by atoms with Gasteiger partial charge in [-0.3, -0.25) is 9.59 Å². The number of amides is 2. The summed E-state index contributed by atoms with van der Waals surface area (Å²) in [7, 11) is 0. The van der Waals surface area contributed by atoms with Crippen LogP contribution in [0.15, 0.2) is 54.6 Å². The minimum atomic E-state index is -0.191. The molecule has 4 nitrogen and oxygen atoms in total. The van der Waals surface area contributed by atoms with Crippen LogP contribution in [0, 0.1) is 5.92 Å². The Morgan fingerprint density at radius 2 is 1.73 bits per heavy atom. The lowest BCUT2D eigenvalue weighted by Crippen LogP contribution is -2.19. The predicted octanol–water partition coefficient (Wildman–Crippen LogP) is 5.94. The zero-order valence-electron chi connectivity index (χ0n) is 17.3. The highest BCUT2D eigenvalue weighted by Gasteiger charge is 2.28. The molecule has 0 saturated carbocycles. The Morgan fingerprint density at radius 3 is 2.43 bits per heavy atom. The lowest BCUT2D eigenvalue weighted by molar-refractivity contribution is 0.102. The van der Waals surface area contributed by atoms with E-state index in [-0.39, 0.29) is 11.8 Å². The van der Waals surface area contributed by atoms with Gasteiger partial charge in [0.25, 0.3) is 11.8 Å². The molecule has 0 spiro atoms. The van der Waals surface area contributed by atoms with Crippen LogP contribution in [0.25, 0.3) is 0 Å². The Balaban J connectivity index is 1.64. The Morgan fingerprint density at radius 1 is 1.00 bits per heavy atom. The second-order valence-electron chi connectivity index (χ2n) is 7.88. The highest BCUT2D eigenvalue weighted by Crippen LogP contribution is 2.40. The van der Waals surface area contributed by atoms with Crippen LogP contribution in [0.4, 0.5) is 10.7 Å². The quantitative estimate of drug-likeness (QED) is 0.539. The molecule has 2 aromatic carbocycles. The molecule has 1 aliphatic carbocycles. The minimum Gasteiger partial charge on any atom is -0.322 e. The number of benzene rings is 2. The van der Waals surface area contributed by atoms with E-state index in [0.29, 0.717) is 22.0 Å². The number of hydrogen-bond donors (Lipinski definition) is 2. The van der Waals surface area contributed by atoms with Crippen LogP contribution in [0.1, 0.15) is 57.0 Å². The summed E-state index contributed by atoms with van der Waals surface area (Å²) in [6, 6.07) is 17.0. The zero-order valence-corrected chi connectivity index (χ0v) is 18.1. The average Bonchev–Trinajstić information content (AvgIpc) is 3.11. The first-order chi connectivity index (χ1) is 14.5. The molecular formula is C25H26N2O2S. The van der Waals surface area contributed by atoms with Gasteiger partial charge in [0, 0.05) is 16.1 Å². The number of carbonyl (C=O) groups excluding carboxylic acids is 2. The van der Waals surface area contributed by atoms with Crippen LogP contribution >= 0.6 is 11.3 Å². The second kappa shape index (κ2) is 8.84. The van der Waals surface area contributed by atoms with Crippen LogP contribution < -0.4 is 10.6 Å². The Bertz CT molecular complexity index is 1050. The molecule has 0 saturated heterocycles. The summed E-state index contributed by atoms with van der Waals surface area (Å²) in [6.07, 6.45) is 3.83. The molecule has 1 aromatic heterocycles. The fraction of sp³-hybridized carbons (Fsp3) is 0.280. The number of rotatable bonds is 5. The molecular weight excluding hydrogens is 392 g/mol. The van der Waals surface area contributed by atoms with E-state index in [0.717, 1.165) is 36.9 Å². The van der Waals surface area contributed by atoms with Crippen LogP contribution in [0.3, 0.4) is 0 Å². The van der Waals surface area contributed by atoms with Crippen molar-refractivity contribution in [2.75, 3.05) is 10.6 Å². The van der Waals surface area contributed by atoms with Gasteiger partial charge >= 0.3 is 0 Å². The molecule has 3 aromatic rings. The summed E-state index contributed by atoms with van der Waals surface area (Å²) >= 11 is 1.54. The molecule has 2 amide bonds. The van der Waals surface area contributed by atoms with Crippen molar-refractivity contribution in [3.63, 3.8) is 0 Å². The highest BCUT2D eigenvalue weighted by molar-refractivity contribution is 7.17. The number of anilines is 2. The molecule has 1 aliphatic rings. The first-order valence-corrected chi connectivity index (χ1v) is 11.3. The molecule has 0 bridgehead atoms. The molecule has 0 aliphatic heterocycles. The third-order valence-corrected chi connectivity index (χ3v) is 6.79. The predicted molar refractivity (Wildman–Crippen MR) is 124 cm³/mol. The largest absolute Gasteiger partial charge is 0.322 e. The lowest BCUT2D eigenvalue weighted by atomic mass is 9.88. The summed E-state index contributed by atoms with van der Waals surface area (Å²) in [6.45, 7) is 4.34. The average molecular weight is 419 g/mol. The van der Waals surface area contributed by atoms with Gasteiger partial charge in [0.2, 0.25) is 0 Å². The molecule has 4 rings (SSSR count). The maximum atomic E-state index is 13.3. The van der Waals surface area contributed by atoms with Gasteiger partial charge in [-0.2, -0.15) is 0 Å². The van der Waals surface area contributed by atoms with Crippen LogP contribution in [0.2, 0.25) is 0 Å². The molecule has 5 heteroatoms. The van der Waals surface area contributed by atoms with E-state index in [9.17, 15) is 9.59 Å². The summed E-state index contributed by atoms with van der Waals surface area (Å²) in [5, 5.41) is 6.67. The Hall–Kier alpha value is -2.92. The number of hydrogen-bond acceptors (Lipinski definition) is 3. The van der Waals surface area contributed by atoms with Crippen molar-refractivity contribution in [2.45, 2.75) is 39.5 Å². The van der Waals surface area contributed by atoms with Crippen molar-refractivity contribution in [3.8, 4) is 0 Å². The van der Waals surface area contributed by atoms with Gasteiger partial charge in [0.1, 0.15) is 5.00 Å². The van der Waals surface area contributed by atoms with Gasteiger partial charge in [0.05, 0.1) is 5.56 Å². The molecule has 154 valence electrons. The summed E-state index contributed by atoms with van der Waals surface area (Å²) in [5.74, 6) is 0.240. The molecule has 0 fully saturated rings. The summed E-state index contributed by atoms with van der Waals surface area (Å²) in [4.78, 5) is 27.2. The number of nitrogens with one attached hydrogen (secondary N) is 2. The number of carbonyl (C=O) groups is 2. The van der Waals surface area contributed by atoms with Gasteiger partial charge in [0.15, 0.2) is 0 Å². The molecule has 2 N–H and O–H groups in total. The monoisotopic (exact) mass is 418 g/mol. The van der Waals surface area contributed by atoms with Crippen molar-refractivity contribution in [2.24, 2.45) is 5.92 Å². The van der Waals surface area contributed by atoms with Gasteiger partial charge in [-0.05, 0) is 67.0 Å². The van der Waals surface area contributed by atoms with E-state index in [1.54, 1.807) is 23.5 Å². The van der Waals surface area contributed by atoms with E-state index in [1.165, 1.54) is 10.4 Å². The van der Waals surface area contributed by atoms with Crippen LogP contribution in [-0.2, 0) is 19.3 Å². The highest BCUT2D eigenvalue weighted by atomic mass is 32.1. The number of aryl methyl sites for hydroxylation is 1. The summed E-state index contributed by atoms with van der Waals surface area (Å²) in [5.41, 5.74) is 4.28. The zero-order chi connectivity index (χ0) is 21.1. The topological polar surface area (TPSA) is 58.2 Å². The van der Waals surface area contributed by atoms with Crippen LogP contribution in [0.5, 0.6) is 0 Å². The van der Waals surface area contributed by atoms with Gasteiger partial charge in [-0.15, -0.1) is 11.3 Å². The van der Waals surface area contributed by atoms with Crippen molar-refractivity contribution in [1.82, 2.24) is 0 Å². The van der Waals surface area contributed by atoms with Gasteiger partial charge in [-0.1, -0.05) is 44.2 Å². The first kappa shape index (κ1) is 20.4. The molecule has 0 radical (unpaired) electrons. The Labute approximate surface area is 181 Å². The number of fused-ring (bicyclic) bond motifs is 1. The van der Waals surface area contributed by atoms with Crippen molar-refractivity contribution < 1.29 is 9.59 Å². The van der Waals surface area contributed by atoms with E-state index in [4.69, 9.17) is 0 Å². The van der Waals surface area contributed by atoms with Gasteiger partial charge < -0.3 is 10.6 Å². The van der Waals surface area contributed by atoms with E-state index in [1.807, 2.05) is 42.5 Å². The van der Waals surface area contributed by atoms with Gasteiger partial charge in [-0.25, -0.2) is 0 Å².